The minimum absolute atomic E-state index is 0.121. The van der Waals surface area contributed by atoms with Gasteiger partial charge in [0.15, 0.2) is 0 Å². The van der Waals surface area contributed by atoms with E-state index in [2.05, 4.69) is 0 Å². The molecule has 0 unspecified atom stereocenters. The molecule has 0 aliphatic rings. The van der Waals surface area contributed by atoms with Gasteiger partial charge < -0.3 is 10.2 Å². The lowest BCUT2D eigenvalue weighted by molar-refractivity contribution is -0.139. The third-order valence-corrected chi connectivity index (χ3v) is 2.62. The van der Waals surface area contributed by atoms with E-state index in [1.54, 1.807) is 0 Å². The van der Waals surface area contributed by atoms with Crippen LogP contribution in [0.3, 0.4) is 0 Å². The molecule has 104 valence electrons. The van der Waals surface area contributed by atoms with Crippen molar-refractivity contribution in [3.63, 3.8) is 0 Å². The molecule has 19 heavy (non-hydrogen) atoms. The summed E-state index contributed by atoms with van der Waals surface area (Å²) in [5.41, 5.74) is -1.48. The van der Waals surface area contributed by atoms with E-state index in [1.165, 1.54) is 0 Å². The van der Waals surface area contributed by atoms with Gasteiger partial charge in [-0.05, 0) is 23.3 Å². The maximum absolute atomic E-state index is 12.6. The highest BCUT2D eigenvalue weighted by Crippen LogP contribution is 2.34. The van der Waals surface area contributed by atoms with Crippen LogP contribution in [0.15, 0.2) is 12.1 Å². The van der Waals surface area contributed by atoms with Crippen LogP contribution >= 0.6 is 11.6 Å². The van der Waals surface area contributed by atoms with E-state index in [1.807, 2.05) is 0 Å². The number of carbonyl (C=O) groups is 2. The Morgan fingerprint density at radius 1 is 1.11 bits per heavy atom. The minimum Gasteiger partial charge on any atom is -0.481 e. The molecule has 0 heterocycles. The van der Waals surface area contributed by atoms with Crippen LogP contribution in [0, 0.1) is 0 Å². The van der Waals surface area contributed by atoms with Gasteiger partial charge in [0, 0.05) is 5.02 Å². The number of rotatable bonds is 4. The smallest absolute Gasteiger partial charge is 0.416 e. The third kappa shape index (κ3) is 4.13. The van der Waals surface area contributed by atoms with Crippen LogP contribution in [0.1, 0.15) is 16.7 Å². The average Bonchev–Trinajstić information content (AvgIpc) is 2.20. The van der Waals surface area contributed by atoms with E-state index in [4.69, 9.17) is 21.8 Å². The van der Waals surface area contributed by atoms with Gasteiger partial charge in [-0.25, -0.2) is 0 Å². The largest absolute Gasteiger partial charge is 0.481 e. The normalized spacial score (nSPS) is 11.4. The van der Waals surface area contributed by atoms with Crippen molar-refractivity contribution in [1.29, 1.82) is 0 Å². The maximum Gasteiger partial charge on any atom is 0.416 e. The second-order valence-electron chi connectivity index (χ2n) is 3.73. The van der Waals surface area contributed by atoms with E-state index in [0.717, 1.165) is 0 Å². The Labute approximate surface area is 110 Å². The molecule has 0 fully saturated rings. The monoisotopic (exact) mass is 296 g/mol. The Hall–Kier alpha value is -1.76. The first-order chi connectivity index (χ1) is 8.61. The molecule has 0 atom stereocenters. The van der Waals surface area contributed by atoms with E-state index in [0.29, 0.717) is 12.1 Å². The van der Waals surface area contributed by atoms with Gasteiger partial charge in [-0.2, -0.15) is 13.2 Å². The standard InChI is InChI=1S/C11H8ClF3O4/c12-8-3-6(11(13,14)15)1-5(2-9(16)17)7(8)4-10(18)19/h1,3H,2,4H2,(H,16,17)(H,18,19). The predicted molar refractivity (Wildman–Crippen MR) is 59.1 cm³/mol. The van der Waals surface area contributed by atoms with Crippen molar-refractivity contribution in [2.24, 2.45) is 0 Å². The molecule has 0 saturated heterocycles. The SMILES string of the molecule is O=C(O)Cc1cc(C(F)(F)F)cc(Cl)c1CC(=O)O. The molecule has 8 heteroatoms. The van der Waals surface area contributed by atoms with Gasteiger partial charge in [-0.15, -0.1) is 0 Å². The number of hydrogen-bond donors (Lipinski definition) is 2. The minimum atomic E-state index is -4.68. The summed E-state index contributed by atoms with van der Waals surface area (Å²) >= 11 is 5.61. The highest BCUT2D eigenvalue weighted by molar-refractivity contribution is 6.31. The highest BCUT2D eigenvalue weighted by atomic mass is 35.5. The maximum atomic E-state index is 12.6. The summed E-state index contributed by atoms with van der Waals surface area (Å²) in [5.74, 6) is -2.68. The Balaban J connectivity index is 3.38. The predicted octanol–water partition coefficient (Wildman–Crippen LogP) is 2.61. The number of carboxylic acid groups (broad SMARTS) is 2. The number of aliphatic carboxylic acids is 2. The van der Waals surface area contributed by atoms with Gasteiger partial charge in [0.2, 0.25) is 0 Å². The zero-order chi connectivity index (χ0) is 14.8. The lowest BCUT2D eigenvalue weighted by Crippen LogP contribution is -2.12. The Morgan fingerprint density at radius 3 is 2.05 bits per heavy atom. The molecule has 1 rings (SSSR count). The second-order valence-corrected chi connectivity index (χ2v) is 4.14. The quantitative estimate of drug-likeness (QED) is 0.895. The van der Waals surface area contributed by atoms with Crippen LogP contribution in [0.2, 0.25) is 5.02 Å². The number of halogens is 4. The van der Waals surface area contributed by atoms with Crippen LogP contribution in [-0.2, 0) is 28.6 Å². The van der Waals surface area contributed by atoms with Crippen LogP contribution in [-0.4, -0.2) is 22.2 Å². The van der Waals surface area contributed by atoms with Crippen LogP contribution in [0.5, 0.6) is 0 Å². The molecule has 0 radical (unpaired) electrons. The van der Waals surface area contributed by atoms with E-state index in [-0.39, 0.29) is 11.1 Å². The summed E-state index contributed by atoms with van der Waals surface area (Å²) < 4.78 is 37.7. The first-order valence-electron chi connectivity index (χ1n) is 4.93. The third-order valence-electron chi connectivity index (χ3n) is 2.28. The number of benzene rings is 1. The van der Waals surface area contributed by atoms with Crippen molar-refractivity contribution >= 4 is 23.5 Å². The zero-order valence-corrected chi connectivity index (χ0v) is 10.0. The fraction of sp³-hybridized carbons (Fsp3) is 0.273. The van der Waals surface area contributed by atoms with Crippen molar-refractivity contribution in [3.8, 4) is 0 Å². The van der Waals surface area contributed by atoms with Crippen molar-refractivity contribution in [2.45, 2.75) is 19.0 Å². The molecule has 1 aromatic carbocycles. The van der Waals surface area contributed by atoms with Crippen LogP contribution in [0.4, 0.5) is 13.2 Å². The van der Waals surface area contributed by atoms with Crippen LogP contribution < -0.4 is 0 Å². The fourth-order valence-electron chi connectivity index (χ4n) is 1.53. The lowest BCUT2D eigenvalue weighted by atomic mass is 9.98. The molecule has 4 nitrogen and oxygen atoms in total. The molecule has 0 bridgehead atoms. The fourth-order valence-corrected chi connectivity index (χ4v) is 1.83. The molecule has 0 amide bonds. The van der Waals surface area contributed by atoms with Gasteiger partial charge in [0.05, 0.1) is 18.4 Å². The van der Waals surface area contributed by atoms with E-state index in [9.17, 15) is 22.8 Å². The lowest BCUT2D eigenvalue weighted by Gasteiger charge is -2.13. The van der Waals surface area contributed by atoms with Crippen molar-refractivity contribution in [1.82, 2.24) is 0 Å². The number of alkyl halides is 3. The van der Waals surface area contributed by atoms with Gasteiger partial charge in [-0.3, -0.25) is 9.59 Å². The first kappa shape index (κ1) is 15.3. The molecular weight excluding hydrogens is 289 g/mol. The molecule has 0 aliphatic carbocycles. The van der Waals surface area contributed by atoms with E-state index >= 15 is 0 Å². The summed E-state index contributed by atoms with van der Waals surface area (Å²) in [6, 6.07) is 1.20. The second kappa shape index (κ2) is 5.48. The van der Waals surface area contributed by atoms with Crippen molar-refractivity contribution in [3.05, 3.63) is 33.8 Å². The van der Waals surface area contributed by atoms with Crippen LogP contribution in [0.25, 0.3) is 0 Å². The Kier molecular flexibility index (Phi) is 4.41. The van der Waals surface area contributed by atoms with Gasteiger partial charge in [0.1, 0.15) is 0 Å². The molecule has 2 N–H and O–H groups in total. The number of carboxylic acids is 2. The van der Waals surface area contributed by atoms with E-state index < -0.39 is 41.5 Å². The average molecular weight is 297 g/mol. The Bertz CT molecular complexity index is 525. The zero-order valence-electron chi connectivity index (χ0n) is 9.29. The molecular formula is C11H8ClF3O4. The van der Waals surface area contributed by atoms with Gasteiger partial charge in [0.25, 0.3) is 0 Å². The topological polar surface area (TPSA) is 74.6 Å². The van der Waals surface area contributed by atoms with Gasteiger partial charge in [-0.1, -0.05) is 11.6 Å². The summed E-state index contributed by atoms with van der Waals surface area (Å²) in [6.45, 7) is 0. The number of hydrogen-bond acceptors (Lipinski definition) is 2. The van der Waals surface area contributed by atoms with Crippen molar-refractivity contribution < 1.29 is 33.0 Å². The Morgan fingerprint density at radius 2 is 1.63 bits per heavy atom. The summed E-state index contributed by atoms with van der Waals surface area (Å²) in [5, 5.41) is 16.9. The molecule has 0 aromatic heterocycles. The van der Waals surface area contributed by atoms with Gasteiger partial charge >= 0.3 is 18.1 Å². The molecule has 0 spiro atoms. The highest BCUT2D eigenvalue weighted by Gasteiger charge is 2.32. The molecule has 0 saturated carbocycles. The summed E-state index contributed by atoms with van der Waals surface area (Å²) in [7, 11) is 0. The summed E-state index contributed by atoms with van der Waals surface area (Å²) in [4.78, 5) is 21.2. The molecule has 1 aromatic rings. The molecule has 0 aliphatic heterocycles. The van der Waals surface area contributed by atoms with Crippen molar-refractivity contribution in [2.75, 3.05) is 0 Å². The first-order valence-corrected chi connectivity index (χ1v) is 5.31. The summed E-state index contributed by atoms with van der Waals surface area (Å²) in [6.07, 6.45) is -6.05.